The molecule has 1 heterocycles. The van der Waals surface area contributed by atoms with Gasteiger partial charge in [-0.3, -0.25) is 4.90 Å². The first-order valence-electron chi connectivity index (χ1n) is 5.82. The van der Waals surface area contributed by atoms with E-state index in [0.717, 1.165) is 0 Å². The lowest BCUT2D eigenvalue weighted by atomic mass is 10.1. The van der Waals surface area contributed by atoms with Crippen molar-refractivity contribution in [2.24, 2.45) is 17.3 Å². The van der Waals surface area contributed by atoms with Crippen LogP contribution in [0, 0.1) is 17.3 Å². The third-order valence-electron chi connectivity index (χ3n) is 3.80. The van der Waals surface area contributed by atoms with E-state index in [4.69, 9.17) is 4.74 Å². The van der Waals surface area contributed by atoms with Gasteiger partial charge in [0.25, 0.3) is 0 Å². The first-order valence-corrected chi connectivity index (χ1v) is 5.82. The molecule has 1 saturated heterocycles. The molecular formula is C12H21NO3. The summed E-state index contributed by atoms with van der Waals surface area (Å²) in [5, 5.41) is 10.0. The van der Waals surface area contributed by atoms with E-state index in [9.17, 15) is 9.90 Å². The molecule has 2 aliphatic rings. The molecule has 92 valence electrons. The number of fused-ring (bicyclic) bond motifs is 1. The van der Waals surface area contributed by atoms with Crippen LogP contribution in [0.3, 0.4) is 0 Å². The third kappa shape index (κ3) is 1.69. The van der Waals surface area contributed by atoms with Crippen LogP contribution in [0.15, 0.2) is 0 Å². The van der Waals surface area contributed by atoms with Crippen molar-refractivity contribution >= 4 is 6.09 Å². The monoisotopic (exact) mass is 227 g/mol. The lowest BCUT2D eigenvalue weighted by Gasteiger charge is -2.29. The highest BCUT2D eigenvalue weighted by Crippen LogP contribution is 2.64. The van der Waals surface area contributed by atoms with Crippen molar-refractivity contribution in [2.45, 2.75) is 46.4 Å². The highest BCUT2D eigenvalue weighted by atomic mass is 16.6. The summed E-state index contributed by atoms with van der Waals surface area (Å²) in [7, 11) is 0. The van der Waals surface area contributed by atoms with E-state index in [1.807, 2.05) is 20.8 Å². The van der Waals surface area contributed by atoms with Crippen LogP contribution >= 0.6 is 0 Å². The highest BCUT2D eigenvalue weighted by Gasteiger charge is 2.67. The first kappa shape index (κ1) is 11.7. The number of rotatable bonds is 0. The molecule has 1 amide bonds. The summed E-state index contributed by atoms with van der Waals surface area (Å²) in [6.45, 7) is 10.4. The third-order valence-corrected chi connectivity index (χ3v) is 3.80. The van der Waals surface area contributed by atoms with Gasteiger partial charge < -0.3 is 9.84 Å². The van der Waals surface area contributed by atoms with E-state index in [-0.39, 0.29) is 11.3 Å². The number of nitrogens with zero attached hydrogens (tertiary/aromatic N) is 1. The fraction of sp³-hybridized carbons (Fsp3) is 0.917. The Morgan fingerprint density at radius 2 is 2.00 bits per heavy atom. The summed E-state index contributed by atoms with van der Waals surface area (Å²) in [5.74, 6) is 0.648. The smallest absolute Gasteiger partial charge is 0.412 e. The maximum Gasteiger partial charge on any atom is 0.412 e. The van der Waals surface area contributed by atoms with Gasteiger partial charge in [0.05, 0.1) is 0 Å². The lowest BCUT2D eigenvalue weighted by molar-refractivity contribution is -0.0314. The average Bonchev–Trinajstić information content (AvgIpc) is 2.45. The number of hydrogen-bond donors (Lipinski definition) is 1. The van der Waals surface area contributed by atoms with Crippen LogP contribution in [0.1, 0.15) is 34.6 Å². The van der Waals surface area contributed by atoms with Crippen molar-refractivity contribution in [3.05, 3.63) is 0 Å². The topological polar surface area (TPSA) is 49.8 Å². The largest absolute Gasteiger partial charge is 0.444 e. The predicted molar refractivity (Wildman–Crippen MR) is 59.7 cm³/mol. The maximum atomic E-state index is 11.8. The van der Waals surface area contributed by atoms with Crippen LogP contribution in [0.2, 0.25) is 0 Å². The van der Waals surface area contributed by atoms with Crippen LogP contribution in [0.25, 0.3) is 0 Å². The Kier molecular flexibility index (Phi) is 2.29. The van der Waals surface area contributed by atoms with Crippen molar-refractivity contribution in [3.8, 4) is 0 Å². The normalized spacial score (nSPS) is 35.9. The Morgan fingerprint density at radius 3 is 2.38 bits per heavy atom. The van der Waals surface area contributed by atoms with Crippen LogP contribution in [0.5, 0.6) is 0 Å². The summed E-state index contributed by atoms with van der Waals surface area (Å²) < 4.78 is 5.26. The zero-order chi connectivity index (χ0) is 12.3. The molecule has 1 aliphatic carbocycles. The lowest BCUT2D eigenvalue weighted by Crippen LogP contribution is -2.43. The molecule has 0 radical (unpaired) electrons. The Bertz CT molecular complexity index is 319. The Labute approximate surface area is 96.6 Å². The van der Waals surface area contributed by atoms with Crippen molar-refractivity contribution < 1.29 is 14.6 Å². The average molecular weight is 227 g/mol. The summed E-state index contributed by atoms with van der Waals surface area (Å²) in [5.41, 5.74) is -0.322. The van der Waals surface area contributed by atoms with Gasteiger partial charge in [0.15, 0.2) is 0 Å². The molecule has 1 N–H and O–H groups in total. The molecule has 0 aromatic heterocycles. The number of amides is 1. The van der Waals surface area contributed by atoms with Crippen molar-refractivity contribution in [3.63, 3.8) is 0 Å². The zero-order valence-electron chi connectivity index (χ0n) is 10.7. The van der Waals surface area contributed by atoms with E-state index in [1.54, 1.807) is 0 Å². The fourth-order valence-electron chi connectivity index (χ4n) is 2.74. The quantitative estimate of drug-likeness (QED) is 0.687. The second-order valence-corrected chi connectivity index (χ2v) is 6.50. The standard InChI is InChI=1S/C12H21NO3/c1-11(2,3)16-10(15)13-6-7-8(9(13)14)12(7,4)5/h7-9,14H,6H2,1-5H3. The number of carbonyl (C=O) groups excluding carboxylic acids is 1. The molecule has 3 unspecified atom stereocenters. The summed E-state index contributed by atoms with van der Waals surface area (Å²) in [4.78, 5) is 13.2. The number of carbonyl (C=O) groups is 1. The van der Waals surface area contributed by atoms with Gasteiger partial charge in [-0.15, -0.1) is 0 Å². The molecule has 0 bridgehead atoms. The molecular weight excluding hydrogens is 206 g/mol. The molecule has 16 heavy (non-hydrogen) atoms. The second kappa shape index (κ2) is 3.13. The number of aliphatic hydroxyl groups is 1. The molecule has 2 fully saturated rings. The highest BCUT2D eigenvalue weighted by molar-refractivity contribution is 5.69. The summed E-state index contributed by atoms with van der Waals surface area (Å²) in [6.07, 6.45) is -1.07. The predicted octanol–water partition coefficient (Wildman–Crippen LogP) is 1.83. The number of hydrogen-bond acceptors (Lipinski definition) is 3. The van der Waals surface area contributed by atoms with E-state index in [2.05, 4.69) is 13.8 Å². The molecule has 2 rings (SSSR count). The summed E-state index contributed by atoms with van der Waals surface area (Å²) >= 11 is 0. The van der Waals surface area contributed by atoms with E-state index >= 15 is 0 Å². The molecule has 0 aromatic rings. The van der Waals surface area contributed by atoms with Gasteiger partial charge in [0.2, 0.25) is 0 Å². The Morgan fingerprint density at radius 1 is 1.44 bits per heavy atom. The van der Waals surface area contributed by atoms with Gasteiger partial charge in [0, 0.05) is 12.5 Å². The van der Waals surface area contributed by atoms with E-state index in [1.165, 1.54) is 4.90 Å². The SMILES string of the molecule is CC(C)(C)OC(=O)N1CC2C(C1O)C2(C)C. The minimum Gasteiger partial charge on any atom is -0.444 e. The molecule has 0 spiro atoms. The van der Waals surface area contributed by atoms with Crippen molar-refractivity contribution in [1.29, 1.82) is 0 Å². The Hall–Kier alpha value is -0.770. The maximum absolute atomic E-state index is 11.8. The minimum atomic E-state index is -0.671. The van der Waals surface area contributed by atoms with Crippen LogP contribution in [-0.4, -0.2) is 34.5 Å². The fourth-order valence-corrected chi connectivity index (χ4v) is 2.74. The molecule has 4 nitrogen and oxygen atoms in total. The van der Waals surface area contributed by atoms with Gasteiger partial charge >= 0.3 is 6.09 Å². The molecule has 4 heteroatoms. The van der Waals surface area contributed by atoms with Gasteiger partial charge in [0.1, 0.15) is 11.8 Å². The number of ether oxygens (including phenoxy) is 1. The Balaban J connectivity index is 1.98. The number of piperidine rings is 1. The van der Waals surface area contributed by atoms with Crippen LogP contribution < -0.4 is 0 Å². The van der Waals surface area contributed by atoms with Gasteiger partial charge in [-0.1, -0.05) is 13.8 Å². The van der Waals surface area contributed by atoms with Gasteiger partial charge in [-0.05, 0) is 32.1 Å². The van der Waals surface area contributed by atoms with Gasteiger partial charge in [-0.25, -0.2) is 4.79 Å². The van der Waals surface area contributed by atoms with Gasteiger partial charge in [-0.2, -0.15) is 0 Å². The van der Waals surface area contributed by atoms with E-state index in [0.29, 0.717) is 12.5 Å². The van der Waals surface area contributed by atoms with Crippen molar-refractivity contribution in [1.82, 2.24) is 4.90 Å². The minimum absolute atomic E-state index is 0.179. The summed E-state index contributed by atoms with van der Waals surface area (Å²) in [6, 6.07) is 0. The first-order chi connectivity index (χ1) is 7.14. The van der Waals surface area contributed by atoms with Crippen LogP contribution in [-0.2, 0) is 4.74 Å². The van der Waals surface area contributed by atoms with Crippen molar-refractivity contribution in [2.75, 3.05) is 6.54 Å². The molecule has 1 aliphatic heterocycles. The number of likely N-dealkylation sites (tertiary alicyclic amines) is 1. The van der Waals surface area contributed by atoms with E-state index < -0.39 is 17.9 Å². The molecule has 3 atom stereocenters. The zero-order valence-corrected chi connectivity index (χ0v) is 10.7. The second-order valence-electron chi connectivity index (χ2n) is 6.50. The van der Waals surface area contributed by atoms with Crippen LogP contribution in [0.4, 0.5) is 4.79 Å². The molecule has 0 aromatic carbocycles. The molecule has 1 saturated carbocycles. The number of aliphatic hydroxyl groups excluding tert-OH is 1.